The van der Waals surface area contributed by atoms with E-state index in [0.717, 1.165) is 18.6 Å². The van der Waals surface area contributed by atoms with Gasteiger partial charge in [-0.25, -0.2) is 0 Å². The molecule has 1 aliphatic rings. The van der Waals surface area contributed by atoms with E-state index in [0.29, 0.717) is 6.42 Å². The number of methoxy groups -OCH3 is 1. The molecule has 76 valence electrons. The fourth-order valence-corrected chi connectivity index (χ4v) is 2.30. The first kappa shape index (κ1) is 10.1. The minimum atomic E-state index is -0.598. The van der Waals surface area contributed by atoms with Gasteiger partial charge in [-0.2, -0.15) is 0 Å². The van der Waals surface area contributed by atoms with Crippen molar-refractivity contribution >= 4 is 23.2 Å². The van der Waals surface area contributed by atoms with Crippen LogP contribution in [0.1, 0.15) is 17.5 Å². The second-order valence-electron chi connectivity index (χ2n) is 3.67. The van der Waals surface area contributed by atoms with E-state index < -0.39 is 4.33 Å². The van der Waals surface area contributed by atoms with E-state index >= 15 is 0 Å². The molecule has 0 saturated heterocycles. The van der Waals surface area contributed by atoms with Crippen molar-refractivity contribution < 1.29 is 4.74 Å². The summed E-state index contributed by atoms with van der Waals surface area (Å²) in [5.74, 6) is 0.870. The first-order chi connectivity index (χ1) is 6.61. The second-order valence-corrected chi connectivity index (χ2v) is 5.31. The molecular weight excluding hydrogens is 219 g/mol. The van der Waals surface area contributed by atoms with Crippen LogP contribution in [0, 0.1) is 0 Å². The summed E-state index contributed by atoms with van der Waals surface area (Å²) in [5.41, 5.74) is 2.54. The summed E-state index contributed by atoms with van der Waals surface area (Å²) in [6.07, 6.45) is 2.49. The quantitative estimate of drug-likeness (QED) is 0.673. The van der Waals surface area contributed by atoms with E-state index in [-0.39, 0.29) is 0 Å². The lowest BCUT2D eigenvalue weighted by molar-refractivity contribution is 0.413. The third kappa shape index (κ3) is 1.99. The molecular formula is C11H12Cl2O. The molecule has 1 aromatic rings. The number of aryl methyl sites for hydroxylation is 1. The van der Waals surface area contributed by atoms with Crippen LogP contribution in [-0.4, -0.2) is 11.4 Å². The van der Waals surface area contributed by atoms with E-state index in [4.69, 9.17) is 27.9 Å². The topological polar surface area (TPSA) is 9.23 Å². The Bertz CT molecular complexity index is 347. The minimum Gasteiger partial charge on any atom is -0.497 e. The Labute approximate surface area is 94.0 Å². The lowest BCUT2D eigenvalue weighted by Gasteiger charge is -2.27. The van der Waals surface area contributed by atoms with Crippen LogP contribution < -0.4 is 4.74 Å². The summed E-state index contributed by atoms with van der Waals surface area (Å²) < 4.78 is 4.56. The molecule has 3 heteroatoms. The van der Waals surface area contributed by atoms with Crippen molar-refractivity contribution in [3.8, 4) is 5.75 Å². The van der Waals surface area contributed by atoms with Crippen molar-refractivity contribution in [1.82, 2.24) is 0 Å². The minimum absolute atomic E-state index is 0.598. The van der Waals surface area contributed by atoms with E-state index in [9.17, 15) is 0 Å². The number of ether oxygens (including phenoxy) is 1. The SMILES string of the molecule is COc1ccc2c(c1)CC(Cl)(Cl)CC2. The molecule has 0 aromatic heterocycles. The van der Waals surface area contributed by atoms with Gasteiger partial charge in [0.25, 0.3) is 0 Å². The molecule has 0 atom stereocenters. The zero-order valence-corrected chi connectivity index (χ0v) is 9.53. The zero-order valence-electron chi connectivity index (χ0n) is 8.02. The van der Waals surface area contributed by atoms with Gasteiger partial charge in [-0.1, -0.05) is 6.07 Å². The van der Waals surface area contributed by atoms with Crippen LogP contribution in [0.5, 0.6) is 5.75 Å². The number of rotatable bonds is 1. The summed E-state index contributed by atoms with van der Waals surface area (Å²) >= 11 is 12.2. The van der Waals surface area contributed by atoms with Crippen molar-refractivity contribution in [3.63, 3.8) is 0 Å². The summed E-state index contributed by atoms with van der Waals surface area (Å²) in [5, 5.41) is 0. The van der Waals surface area contributed by atoms with Crippen LogP contribution in [0.25, 0.3) is 0 Å². The van der Waals surface area contributed by atoms with Gasteiger partial charge in [-0.05, 0) is 36.1 Å². The van der Waals surface area contributed by atoms with Gasteiger partial charge in [0.2, 0.25) is 0 Å². The molecule has 0 unspecified atom stereocenters. The Hall–Kier alpha value is -0.400. The number of fused-ring (bicyclic) bond motifs is 1. The van der Waals surface area contributed by atoms with E-state index in [1.54, 1.807) is 7.11 Å². The van der Waals surface area contributed by atoms with Crippen LogP contribution in [0.15, 0.2) is 18.2 Å². The highest BCUT2D eigenvalue weighted by atomic mass is 35.5. The van der Waals surface area contributed by atoms with Crippen LogP contribution in [0.3, 0.4) is 0 Å². The number of hydrogen-bond donors (Lipinski definition) is 0. The fourth-order valence-electron chi connectivity index (χ4n) is 1.82. The molecule has 0 bridgehead atoms. The molecule has 0 radical (unpaired) electrons. The molecule has 0 spiro atoms. The van der Waals surface area contributed by atoms with Crippen molar-refractivity contribution in [1.29, 1.82) is 0 Å². The Morgan fingerprint density at radius 1 is 1.29 bits per heavy atom. The lowest BCUT2D eigenvalue weighted by atomic mass is 9.91. The molecule has 1 aromatic carbocycles. The smallest absolute Gasteiger partial charge is 0.122 e. The summed E-state index contributed by atoms with van der Waals surface area (Å²) in [7, 11) is 1.67. The molecule has 0 fully saturated rings. The number of halogens is 2. The predicted octanol–water partition coefficient (Wildman–Crippen LogP) is 3.36. The molecule has 0 heterocycles. The van der Waals surface area contributed by atoms with Gasteiger partial charge in [-0.3, -0.25) is 0 Å². The number of benzene rings is 1. The summed E-state index contributed by atoms with van der Waals surface area (Å²) in [4.78, 5) is 0. The predicted molar refractivity (Wildman–Crippen MR) is 59.5 cm³/mol. The molecule has 0 N–H and O–H groups in total. The Morgan fingerprint density at radius 2 is 2.07 bits per heavy atom. The van der Waals surface area contributed by atoms with Gasteiger partial charge < -0.3 is 4.74 Å². The van der Waals surface area contributed by atoms with E-state index in [2.05, 4.69) is 6.07 Å². The highest BCUT2D eigenvalue weighted by molar-refractivity contribution is 6.48. The van der Waals surface area contributed by atoms with Gasteiger partial charge in [0.05, 0.1) is 7.11 Å². The average Bonchev–Trinajstić information content (AvgIpc) is 2.15. The van der Waals surface area contributed by atoms with E-state index in [1.165, 1.54) is 11.1 Å². The summed E-state index contributed by atoms with van der Waals surface area (Å²) in [6, 6.07) is 6.10. The highest BCUT2D eigenvalue weighted by Crippen LogP contribution is 2.37. The Balaban J connectivity index is 2.34. The molecule has 0 aliphatic heterocycles. The Morgan fingerprint density at radius 3 is 2.79 bits per heavy atom. The highest BCUT2D eigenvalue weighted by Gasteiger charge is 2.29. The largest absolute Gasteiger partial charge is 0.497 e. The van der Waals surface area contributed by atoms with Crippen LogP contribution in [0.4, 0.5) is 0 Å². The van der Waals surface area contributed by atoms with Crippen molar-refractivity contribution in [2.24, 2.45) is 0 Å². The van der Waals surface area contributed by atoms with E-state index in [1.807, 2.05) is 12.1 Å². The van der Waals surface area contributed by atoms with Crippen LogP contribution in [0.2, 0.25) is 0 Å². The third-order valence-corrected chi connectivity index (χ3v) is 3.27. The maximum absolute atomic E-state index is 6.12. The molecule has 2 rings (SSSR count). The van der Waals surface area contributed by atoms with Crippen LogP contribution >= 0.6 is 23.2 Å². The molecule has 0 saturated carbocycles. The first-order valence-corrected chi connectivity index (χ1v) is 5.40. The van der Waals surface area contributed by atoms with Gasteiger partial charge >= 0.3 is 0 Å². The standard InChI is InChI=1S/C11H12Cl2O/c1-14-10-3-2-8-4-5-11(12,13)7-9(8)6-10/h2-3,6H,4-5,7H2,1H3. The number of hydrogen-bond acceptors (Lipinski definition) is 1. The normalized spacial score (nSPS) is 18.8. The van der Waals surface area contributed by atoms with Crippen molar-refractivity contribution in [3.05, 3.63) is 29.3 Å². The zero-order chi connectivity index (χ0) is 10.2. The Kier molecular flexibility index (Phi) is 2.63. The maximum atomic E-state index is 6.12. The van der Waals surface area contributed by atoms with Gasteiger partial charge in [0, 0.05) is 6.42 Å². The van der Waals surface area contributed by atoms with Gasteiger partial charge in [-0.15, -0.1) is 23.2 Å². The second kappa shape index (κ2) is 3.63. The molecule has 0 amide bonds. The monoisotopic (exact) mass is 230 g/mol. The maximum Gasteiger partial charge on any atom is 0.122 e. The third-order valence-electron chi connectivity index (χ3n) is 2.62. The van der Waals surface area contributed by atoms with Crippen molar-refractivity contribution in [2.75, 3.05) is 7.11 Å². The molecule has 14 heavy (non-hydrogen) atoms. The lowest BCUT2D eigenvalue weighted by Crippen LogP contribution is -2.23. The van der Waals surface area contributed by atoms with Crippen molar-refractivity contribution in [2.45, 2.75) is 23.6 Å². The average molecular weight is 231 g/mol. The van der Waals surface area contributed by atoms with Gasteiger partial charge in [0.15, 0.2) is 0 Å². The summed E-state index contributed by atoms with van der Waals surface area (Å²) in [6.45, 7) is 0. The first-order valence-electron chi connectivity index (χ1n) is 4.64. The number of alkyl halides is 2. The van der Waals surface area contributed by atoms with Gasteiger partial charge in [0.1, 0.15) is 10.1 Å². The van der Waals surface area contributed by atoms with Crippen LogP contribution in [-0.2, 0) is 12.8 Å². The fraction of sp³-hybridized carbons (Fsp3) is 0.455. The molecule has 1 aliphatic carbocycles. The molecule has 1 nitrogen and oxygen atoms in total.